The molecule has 2 aliphatic carbocycles. The minimum absolute atomic E-state index is 0.0150. The van der Waals surface area contributed by atoms with Gasteiger partial charge in [0.25, 0.3) is 0 Å². The molecule has 15 heteroatoms. The molecular formula is C58H88N10O4S. The highest BCUT2D eigenvalue weighted by atomic mass is 32.2. The molecule has 0 bridgehead atoms. The van der Waals surface area contributed by atoms with Gasteiger partial charge in [0.15, 0.2) is 0 Å². The Morgan fingerprint density at radius 3 is 2.48 bits per heavy atom. The van der Waals surface area contributed by atoms with Gasteiger partial charge in [0.1, 0.15) is 18.1 Å². The standard InChI is InChI=1S/C58H88N10O4S/c1-34-26-44(21-18-41(34)30-59)72-56-57(6,7)29-48(58(56,8)9)64-54(69)42-27-46(39-14-12-10-11-13-15-39)36(3)52(61-31-42)62-32-45-33-67(23-25-70-45)43-19-16-40(17-20-43)51-50-35(2)37(4)73-55(50)68-38(5)65-66-53(68)47(63-51)28-49-60-22-24-71-49/h16-21,26,35-39,42,45-50,52-53,55-56,60-62,65-66H,10-15,22-25,27-29,31-33H2,1-9H3,(H,64,69)/t35?,36?,37?,38?,42?,45-,46?,47?,48+,49?,50?,52?,53?,55?,56+/m0/s1. The lowest BCUT2D eigenvalue weighted by atomic mass is 9.73. The zero-order valence-electron chi connectivity index (χ0n) is 45.4. The van der Waals surface area contributed by atoms with Crippen LogP contribution in [0.2, 0.25) is 0 Å². The van der Waals surface area contributed by atoms with Crippen molar-refractivity contribution >= 4 is 29.1 Å². The number of benzene rings is 2. The summed E-state index contributed by atoms with van der Waals surface area (Å²) in [6.07, 6.45) is 10.6. The predicted octanol–water partition coefficient (Wildman–Crippen LogP) is 7.51. The summed E-state index contributed by atoms with van der Waals surface area (Å²) in [6.45, 7) is 25.9. The van der Waals surface area contributed by atoms with Crippen molar-refractivity contribution in [3.8, 4) is 11.8 Å². The molecule has 8 aliphatic rings. The molecule has 6 heterocycles. The first kappa shape index (κ1) is 53.1. The Hall–Kier alpha value is -3.30. The molecule has 2 saturated carbocycles. The van der Waals surface area contributed by atoms with Crippen molar-refractivity contribution in [2.24, 2.45) is 51.3 Å². The maximum Gasteiger partial charge on any atom is 0.224 e. The normalized spacial score (nSPS) is 37.8. The van der Waals surface area contributed by atoms with Gasteiger partial charge in [-0.15, -0.1) is 11.8 Å². The van der Waals surface area contributed by atoms with Crippen LogP contribution in [0.5, 0.6) is 5.75 Å². The van der Waals surface area contributed by atoms with Crippen LogP contribution in [0.4, 0.5) is 5.69 Å². The summed E-state index contributed by atoms with van der Waals surface area (Å²) < 4.78 is 19.4. The monoisotopic (exact) mass is 1020 g/mol. The number of ether oxygens (including phenoxy) is 3. The van der Waals surface area contributed by atoms with Crippen LogP contribution in [0.15, 0.2) is 47.5 Å². The Morgan fingerprint density at radius 2 is 1.75 bits per heavy atom. The van der Waals surface area contributed by atoms with Crippen molar-refractivity contribution in [2.75, 3.05) is 50.8 Å². The number of thioether (sulfide) groups is 1. The number of nitriles is 1. The number of hydrazine groups is 1. The number of aryl methyl sites for hydroxylation is 1. The van der Waals surface area contributed by atoms with Crippen LogP contribution >= 0.6 is 11.8 Å². The third-order valence-corrected chi connectivity index (χ3v) is 20.7. The molecule has 12 unspecified atom stereocenters. The number of amides is 1. The molecule has 6 aliphatic heterocycles. The van der Waals surface area contributed by atoms with E-state index in [9.17, 15) is 10.1 Å². The largest absolute Gasteiger partial charge is 0.489 e. The average molecular weight is 1020 g/mol. The van der Waals surface area contributed by atoms with Gasteiger partial charge >= 0.3 is 0 Å². The van der Waals surface area contributed by atoms with E-state index in [0.717, 1.165) is 63.4 Å². The van der Waals surface area contributed by atoms with Crippen molar-refractivity contribution in [3.05, 3.63) is 59.2 Å². The van der Waals surface area contributed by atoms with Gasteiger partial charge in [0, 0.05) is 78.6 Å². The number of hydrogen-bond acceptors (Lipinski definition) is 14. The minimum Gasteiger partial charge on any atom is -0.489 e. The molecule has 73 heavy (non-hydrogen) atoms. The highest BCUT2D eigenvalue weighted by Crippen LogP contribution is 2.52. The van der Waals surface area contributed by atoms with Crippen molar-refractivity contribution < 1.29 is 19.0 Å². The molecular weight excluding hydrogens is 933 g/mol. The minimum atomic E-state index is -0.314. The summed E-state index contributed by atoms with van der Waals surface area (Å²) >= 11 is 2.11. The number of nitrogens with zero attached hydrogens (tertiary/aromatic N) is 4. The Morgan fingerprint density at radius 1 is 0.973 bits per heavy atom. The highest BCUT2D eigenvalue weighted by Gasteiger charge is 2.57. The van der Waals surface area contributed by atoms with Crippen LogP contribution in [-0.4, -0.2) is 122 Å². The van der Waals surface area contributed by atoms with Crippen molar-refractivity contribution in [1.82, 2.24) is 37.0 Å². The van der Waals surface area contributed by atoms with Crippen LogP contribution < -0.4 is 41.8 Å². The van der Waals surface area contributed by atoms with E-state index in [2.05, 4.69) is 139 Å². The van der Waals surface area contributed by atoms with Gasteiger partial charge in [-0.1, -0.05) is 99.1 Å². The Kier molecular flexibility index (Phi) is 16.3. The third kappa shape index (κ3) is 11.1. The number of morpholine rings is 1. The van der Waals surface area contributed by atoms with Crippen LogP contribution in [0.3, 0.4) is 0 Å². The molecule has 1 amide bonds. The number of anilines is 1. The van der Waals surface area contributed by atoms with E-state index in [1.165, 1.54) is 55.5 Å². The van der Waals surface area contributed by atoms with Crippen molar-refractivity contribution in [3.63, 3.8) is 0 Å². The first-order valence-corrected chi connectivity index (χ1v) is 29.3. The molecule has 5 saturated heterocycles. The Labute approximate surface area is 441 Å². The number of carbonyl (C=O) groups excluding carboxylic acids is 1. The number of aliphatic imine (C=N–C) groups is 1. The molecule has 2 aromatic carbocycles. The zero-order valence-corrected chi connectivity index (χ0v) is 46.2. The Balaban J connectivity index is 0.803. The summed E-state index contributed by atoms with van der Waals surface area (Å²) in [5.41, 5.74) is 12.0. The molecule has 0 radical (unpaired) electrons. The Bertz CT molecular complexity index is 2290. The maximum absolute atomic E-state index is 14.7. The van der Waals surface area contributed by atoms with E-state index in [1.54, 1.807) is 0 Å². The molecule has 400 valence electrons. The second-order valence-corrected chi connectivity index (χ2v) is 26.3. The van der Waals surface area contributed by atoms with Gasteiger partial charge in [-0.3, -0.25) is 25.3 Å². The van der Waals surface area contributed by atoms with Crippen molar-refractivity contribution in [2.45, 2.75) is 180 Å². The molecule has 10 rings (SSSR count). The van der Waals surface area contributed by atoms with Gasteiger partial charge < -0.3 is 29.7 Å². The molecule has 0 aromatic heterocycles. The molecule has 14 nitrogen and oxygen atoms in total. The van der Waals surface area contributed by atoms with Gasteiger partial charge in [-0.05, 0) is 91.8 Å². The lowest BCUT2D eigenvalue weighted by Gasteiger charge is -2.38. The first-order valence-electron chi connectivity index (χ1n) is 28.4. The number of fused-ring (bicyclic) bond motifs is 3. The van der Waals surface area contributed by atoms with Crippen molar-refractivity contribution in [1.29, 1.82) is 5.26 Å². The van der Waals surface area contributed by atoms with E-state index in [0.29, 0.717) is 58.9 Å². The van der Waals surface area contributed by atoms with E-state index in [4.69, 9.17) is 19.2 Å². The quantitative estimate of drug-likeness (QED) is 0.116. The van der Waals surface area contributed by atoms with Gasteiger partial charge in [0.05, 0.1) is 66.8 Å². The molecule has 15 atom stereocenters. The summed E-state index contributed by atoms with van der Waals surface area (Å²) in [5, 5.41) is 25.5. The van der Waals surface area contributed by atoms with Gasteiger partial charge in [-0.2, -0.15) is 5.26 Å². The van der Waals surface area contributed by atoms with E-state index >= 15 is 0 Å². The third-order valence-electron chi connectivity index (χ3n) is 19.1. The second-order valence-electron chi connectivity index (χ2n) is 24.8. The van der Waals surface area contributed by atoms with Crippen LogP contribution in [0.25, 0.3) is 0 Å². The van der Waals surface area contributed by atoms with E-state index in [1.807, 2.05) is 25.1 Å². The van der Waals surface area contributed by atoms with Crippen LogP contribution in [-0.2, 0) is 14.3 Å². The van der Waals surface area contributed by atoms with Gasteiger partial charge in [0.2, 0.25) is 5.91 Å². The number of rotatable bonds is 12. The fraction of sp³-hybridized carbons (Fsp3) is 0.741. The highest BCUT2D eigenvalue weighted by molar-refractivity contribution is 8.00. The van der Waals surface area contributed by atoms with Gasteiger partial charge in [-0.25, -0.2) is 10.9 Å². The molecule has 7 fully saturated rings. The lowest BCUT2D eigenvalue weighted by molar-refractivity contribution is -0.127. The second kappa shape index (κ2) is 22.3. The van der Waals surface area contributed by atoms with Crippen LogP contribution in [0.1, 0.15) is 130 Å². The number of hydrogen-bond donors (Lipinski definition) is 6. The van der Waals surface area contributed by atoms with E-state index in [-0.39, 0.29) is 71.7 Å². The summed E-state index contributed by atoms with van der Waals surface area (Å²) in [7, 11) is 0. The fourth-order valence-electron chi connectivity index (χ4n) is 14.7. The summed E-state index contributed by atoms with van der Waals surface area (Å²) in [5.74, 6) is 3.02. The topological polar surface area (TPSA) is 160 Å². The predicted molar refractivity (Wildman–Crippen MR) is 292 cm³/mol. The molecule has 0 spiro atoms. The zero-order chi connectivity index (χ0) is 51.2. The lowest BCUT2D eigenvalue weighted by Crippen LogP contribution is -2.54. The van der Waals surface area contributed by atoms with Crippen LogP contribution in [0, 0.1) is 64.6 Å². The summed E-state index contributed by atoms with van der Waals surface area (Å²) in [4.78, 5) is 25.6. The smallest absolute Gasteiger partial charge is 0.224 e. The molecule has 6 N–H and O–H groups in total. The summed E-state index contributed by atoms with van der Waals surface area (Å²) in [6, 6.07) is 17.3. The van der Waals surface area contributed by atoms with E-state index < -0.39 is 0 Å². The SMILES string of the molecule is Cc1cc(O[C@@H]2C(C)(C)C[C@@H](NC(=O)C3CNC(NC[C@H]4CN(c5ccc(C6=NC(CC7NCCO7)C7NNC(C)N7C7SC(C)C(C)C67)cc5)CCO4)C(C)C(C4CCCCCC4)C3)C2(C)C)ccc1C#N. The fourth-order valence-corrected chi connectivity index (χ4v) is 16.6. The number of carbonyl (C=O) groups is 1. The average Bonchev–Trinajstić information content (AvgIpc) is 4.01. The number of nitrogens with one attached hydrogen (secondary N) is 6. The molecule has 2 aromatic rings. The first-order chi connectivity index (χ1) is 35.1. The maximum atomic E-state index is 14.7.